The van der Waals surface area contributed by atoms with Gasteiger partial charge in [0.05, 0.1) is 6.10 Å². The second-order valence-electron chi connectivity index (χ2n) is 7.75. The first kappa shape index (κ1) is 18.9. The quantitative estimate of drug-likeness (QED) is 0.623. The maximum absolute atomic E-state index is 5.64. The summed E-state index contributed by atoms with van der Waals surface area (Å²) in [4.78, 5) is 2.59. The minimum Gasteiger partial charge on any atom is -0.381 e. The summed E-state index contributed by atoms with van der Waals surface area (Å²) in [6.07, 6.45) is 9.56. The molecule has 0 aromatic rings. The van der Waals surface area contributed by atoms with Gasteiger partial charge in [0.15, 0.2) is 0 Å². The summed E-state index contributed by atoms with van der Waals surface area (Å²) in [6.45, 7) is 13.0. The molecule has 0 aromatic carbocycles. The Balaban J connectivity index is 1.98. The molecule has 1 heterocycles. The molecular weight excluding hydrogens is 260 g/mol. The van der Waals surface area contributed by atoms with E-state index in [0.29, 0.717) is 11.5 Å². The van der Waals surface area contributed by atoms with Crippen LogP contribution in [0.3, 0.4) is 0 Å². The number of methoxy groups -OCH3 is 1. The molecule has 1 fully saturated rings. The highest BCUT2D eigenvalue weighted by atomic mass is 16.5. The van der Waals surface area contributed by atoms with Gasteiger partial charge in [-0.2, -0.15) is 0 Å². The van der Waals surface area contributed by atoms with Crippen molar-refractivity contribution in [3.63, 3.8) is 0 Å². The third-order valence-electron chi connectivity index (χ3n) is 4.50. The lowest BCUT2D eigenvalue weighted by Crippen LogP contribution is -2.43. The summed E-state index contributed by atoms with van der Waals surface area (Å²) >= 11 is 0. The predicted octanol–water partition coefficient (Wildman–Crippen LogP) is 3.68. The van der Waals surface area contributed by atoms with Crippen LogP contribution in [0.15, 0.2) is 0 Å². The van der Waals surface area contributed by atoms with Gasteiger partial charge in [0, 0.05) is 33.3 Å². The van der Waals surface area contributed by atoms with E-state index in [2.05, 4.69) is 31.0 Å². The second-order valence-corrected chi connectivity index (χ2v) is 7.75. The van der Waals surface area contributed by atoms with Crippen LogP contribution in [-0.4, -0.2) is 50.8 Å². The monoisotopic (exact) mass is 298 g/mol. The second kappa shape index (κ2) is 10.6. The van der Waals surface area contributed by atoms with Crippen LogP contribution in [0.1, 0.15) is 65.7 Å². The van der Waals surface area contributed by atoms with Crippen LogP contribution >= 0.6 is 0 Å². The largest absolute Gasteiger partial charge is 0.381 e. The van der Waals surface area contributed by atoms with Crippen molar-refractivity contribution in [2.75, 3.05) is 39.8 Å². The fourth-order valence-electron chi connectivity index (χ4n) is 3.06. The minimum absolute atomic E-state index is 0.460. The van der Waals surface area contributed by atoms with Crippen molar-refractivity contribution >= 4 is 0 Å². The van der Waals surface area contributed by atoms with Crippen molar-refractivity contribution in [1.29, 1.82) is 0 Å². The topological polar surface area (TPSA) is 24.5 Å². The van der Waals surface area contributed by atoms with E-state index in [0.717, 1.165) is 0 Å². The van der Waals surface area contributed by atoms with Gasteiger partial charge in [-0.15, -0.1) is 0 Å². The summed E-state index contributed by atoms with van der Waals surface area (Å²) in [5.41, 5.74) is 0.460. The van der Waals surface area contributed by atoms with Crippen LogP contribution in [0.4, 0.5) is 0 Å². The number of unbranched alkanes of at least 4 members (excludes halogenated alkanes) is 2. The van der Waals surface area contributed by atoms with E-state index in [1.54, 1.807) is 0 Å². The third kappa shape index (κ3) is 10.3. The van der Waals surface area contributed by atoms with Crippen molar-refractivity contribution < 1.29 is 4.74 Å². The number of hydrogen-bond donors (Lipinski definition) is 1. The molecule has 0 radical (unpaired) electrons. The van der Waals surface area contributed by atoms with Crippen molar-refractivity contribution in [1.82, 2.24) is 10.2 Å². The summed E-state index contributed by atoms with van der Waals surface area (Å²) in [5, 5.41) is 3.41. The van der Waals surface area contributed by atoms with E-state index in [-0.39, 0.29) is 0 Å². The molecule has 21 heavy (non-hydrogen) atoms. The van der Waals surface area contributed by atoms with Gasteiger partial charge in [0.2, 0.25) is 0 Å². The number of nitrogens with zero attached hydrogens (tertiary/aromatic N) is 1. The molecule has 0 unspecified atom stereocenters. The zero-order valence-corrected chi connectivity index (χ0v) is 14.9. The van der Waals surface area contributed by atoms with Crippen molar-refractivity contribution in [3.05, 3.63) is 0 Å². The molecular formula is C18H38N2O. The highest BCUT2D eigenvalue weighted by molar-refractivity contribution is 4.68. The average Bonchev–Trinajstić information content (AvgIpc) is 2.45. The first-order chi connectivity index (χ1) is 10.0. The number of rotatable bonds is 10. The van der Waals surface area contributed by atoms with Gasteiger partial charge >= 0.3 is 0 Å². The normalized spacial score (nSPS) is 18.9. The van der Waals surface area contributed by atoms with Crippen LogP contribution in [-0.2, 0) is 4.74 Å². The molecule has 1 aliphatic rings. The number of ether oxygens (including phenoxy) is 1. The van der Waals surface area contributed by atoms with E-state index in [1.165, 1.54) is 77.7 Å². The molecule has 3 nitrogen and oxygen atoms in total. The average molecular weight is 299 g/mol. The first-order valence-electron chi connectivity index (χ1n) is 8.97. The summed E-state index contributed by atoms with van der Waals surface area (Å²) in [6, 6.07) is 0. The summed E-state index contributed by atoms with van der Waals surface area (Å²) < 4.78 is 5.64. The predicted molar refractivity (Wildman–Crippen MR) is 91.9 cm³/mol. The Kier molecular flexibility index (Phi) is 9.54. The number of nitrogens with one attached hydrogen (secondary N) is 1. The Morgan fingerprint density at radius 1 is 1.00 bits per heavy atom. The van der Waals surface area contributed by atoms with Gasteiger partial charge in [-0.25, -0.2) is 0 Å². The smallest absolute Gasteiger partial charge is 0.0571 e. The zero-order valence-electron chi connectivity index (χ0n) is 14.9. The van der Waals surface area contributed by atoms with E-state index >= 15 is 0 Å². The minimum atomic E-state index is 0.460. The number of piperazine rings is 1. The lowest BCUT2D eigenvalue weighted by molar-refractivity contribution is 0.0806. The molecule has 0 amide bonds. The van der Waals surface area contributed by atoms with Gasteiger partial charge in [-0.05, 0) is 37.6 Å². The Bertz CT molecular complexity index is 244. The molecule has 1 aliphatic heterocycles. The standard InChI is InChI=1S/C18H38N2O/c1-18(2,3)11-8-10-17(21-4)9-6-5-7-14-20-15-12-19-13-16-20/h17,19H,5-16H2,1-4H3/t17-/m0/s1. The summed E-state index contributed by atoms with van der Waals surface area (Å²) in [7, 11) is 1.88. The van der Waals surface area contributed by atoms with Gasteiger partial charge in [-0.3, -0.25) is 0 Å². The summed E-state index contributed by atoms with van der Waals surface area (Å²) in [5.74, 6) is 0. The highest BCUT2D eigenvalue weighted by Gasteiger charge is 2.13. The molecule has 0 spiro atoms. The maximum Gasteiger partial charge on any atom is 0.0571 e. The molecule has 1 saturated heterocycles. The van der Waals surface area contributed by atoms with Crippen LogP contribution in [0.2, 0.25) is 0 Å². The van der Waals surface area contributed by atoms with Gasteiger partial charge in [-0.1, -0.05) is 40.0 Å². The SMILES string of the molecule is CO[C@@H](CCCCCN1CCNCC1)CCCC(C)(C)C. The van der Waals surface area contributed by atoms with E-state index in [9.17, 15) is 0 Å². The Labute approximate surface area is 132 Å². The van der Waals surface area contributed by atoms with Gasteiger partial charge in [0.1, 0.15) is 0 Å². The molecule has 1 atom stereocenters. The maximum atomic E-state index is 5.64. The fraction of sp³-hybridized carbons (Fsp3) is 1.00. The molecule has 0 saturated carbocycles. The number of hydrogen-bond acceptors (Lipinski definition) is 3. The lowest BCUT2D eigenvalue weighted by atomic mass is 9.89. The molecule has 126 valence electrons. The lowest BCUT2D eigenvalue weighted by Gasteiger charge is -2.27. The van der Waals surface area contributed by atoms with Gasteiger partial charge < -0.3 is 15.0 Å². The Morgan fingerprint density at radius 3 is 2.29 bits per heavy atom. The molecule has 0 aliphatic carbocycles. The van der Waals surface area contributed by atoms with E-state index in [4.69, 9.17) is 4.74 Å². The van der Waals surface area contributed by atoms with Crippen LogP contribution in [0, 0.1) is 5.41 Å². The van der Waals surface area contributed by atoms with Crippen molar-refractivity contribution in [2.24, 2.45) is 5.41 Å². The van der Waals surface area contributed by atoms with Crippen LogP contribution in [0.5, 0.6) is 0 Å². The Morgan fingerprint density at radius 2 is 1.67 bits per heavy atom. The van der Waals surface area contributed by atoms with Gasteiger partial charge in [0.25, 0.3) is 0 Å². The molecule has 0 aromatic heterocycles. The third-order valence-corrected chi connectivity index (χ3v) is 4.50. The molecule has 1 N–H and O–H groups in total. The fourth-order valence-corrected chi connectivity index (χ4v) is 3.06. The highest BCUT2D eigenvalue weighted by Crippen LogP contribution is 2.23. The van der Waals surface area contributed by atoms with Crippen LogP contribution in [0.25, 0.3) is 0 Å². The van der Waals surface area contributed by atoms with E-state index in [1.807, 2.05) is 7.11 Å². The van der Waals surface area contributed by atoms with E-state index < -0.39 is 0 Å². The first-order valence-corrected chi connectivity index (χ1v) is 8.97. The molecule has 3 heteroatoms. The van der Waals surface area contributed by atoms with Crippen molar-refractivity contribution in [2.45, 2.75) is 71.8 Å². The zero-order chi connectivity index (χ0) is 15.6. The van der Waals surface area contributed by atoms with Crippen LogP contribution < -0.4 is 5.32 Å². The Hall–Kier alpha value is -0.120. The molecule has 0 bridgehead atoms. The molecule has 1 rings (SSSR count). The van der Waals surface area contributed by atoms with Crippen molar-refractivity contribution in [3.8, 4) is 0 Å².